The van der Waals surface area contributed by atoms with E-state index in [1.54, 1.807) is 26.0 Å². The third-order valence-electron chi connectivity index (χ3n) is 1.63. The van der Waals surface area contributed by atoms with Crippen molar-refractivity contribution in [3.63, 3.8) is 0 Å². The smallest absolute Gasteiger partial charge is 0.232 e. The van der Waals surface area contributed by atoms with Crippen LogP contribution in [0.1, 0.15) is 13.8 Å². The van der Waals surface area contributed by atoms with Crippen LogP contribution in [0.3, 0.4) is 0 Å². The lowest BCUT2D eigenvalue weighted by Gasteiger charge is -2.07. The fraction of sp³-hybridized carbons (Fsp3) is 0.429. The summed E-state index contributed by atoms with van der Waals surface area (Å²) in [4.78, 5) is 11.1. The second-order valence-electron chi connectivity index (χ2n) is 2.59. The zero-order valence-electron chi connectivity index (χ0n) is 6.53. The van der Waals surface area contributed by atoms with Crippen LogP contribution in [0.5, 0.6) is 0 Å². The molecule has 2 N–H and O–H groups in total. The Balaban J connectivity index is 2.91. The molecule has 0 aromatic heterocycles. The maximum absolute atomic E-state index is 11.1. The number of rotatable bonds is 1. The van der Waals surface area contributed by atoms with Crippen molar-refractivity contribution < 1.29 is 9.97 Å². The second-order valence-corrected chi connectivity index (χ2v) is 2.59. The number of hydrogen-bond acceptors (Lipinski definition) is 3. The molecule has 1 heterocycles. The molecule has 0 bridgehead atoms. The van der Waals surface area contributed by atoms with E-state index in [1.807, 2.05) is 5.48 Å². The summed E-state index contributed by atoms with van der Waals surface area (Å²) in [6, 6.07) is -0.213. The largest absolute Gasteiger partial charge is 0.291 e. The van der Waals surface area contributed by atoms with Crippen molar-refractivity contribution in [3.05, 3.63) is 28.5 Å². The van der Waals surface area contributed by atoms with Gasteiger partial charge in [0.15, 0.2) is 0 Å². The van der Waals surface area contributed by atoms with Crippen LogP contribution in [-0.4, -0.2) is 16.0 Å². The van der Waals surface area contributed by atoms with Crippen LogP contribution in [0, 0.1) is 4.91 Å². The third kappa shape index (κ3) is 1.46. The monoisotopic (exact) mass is 155 g/mol. The molecule has 60 valence electrons. The maximum atomic E-state index is 11.1. The predicted octanol–water partition coefficient (Wildman–Crippen LogP) is 0.934. The molecule has 1 aliphatic rings. The molecule has 0 aromatic carbocycles. The second kappa shape index (κ2) is 2.84. The van der Waals surface area contributed by atoms with Crippen LogP contribution in [0.2, 0.25) is 0 Å². The van der Waals surface area contributed by atoms with Crippen LogP contribution in [0.15, 0.2) is 23.5 Å². The van der Waals surface area contributed by atoms with E-state index >= 15 is 0 Å². The van der Waals surface area contributed by atoms with Gasteiger partial charge in [0.2, 0.25) is 11.7 Å². The van der Waals surface area contributed by atoms with Gasteiger partial charge in [-0.05, 0) is 0 Å². The van der Waals surface area contributed by atoms with Crippen LogP contribution >= 0.6 is 0 Å². The molecule has 0 radical (unpaired) electrons. The zero-order chi connectivity index (χ0) is 8.43. The van der Waals surface area contributed by atoms with E-state index in [2.05, 4.69) is 0 Å². The number of hydroxylamine groups is 1. The summed E-state index contributed by atoms with van der Waals surface area (Å²) >= 11 is 0. The van der Waals surface area contributed by atoms with Crippen molar-refractivity contribution in [2.75, 3.05) is 0 Å². The first-order valence-corrected chi connectivity index (χ1v) is 3.41. The summed E-state index contributed by atoms with van der Waals surface area (Å²) in [6.07, 6.45) is 3.24. The lowest BCUT2D eigenvalue weighted by molar-refractivity contribution is -0.524. The van der Waals surface area contributed by atoms with Gasteiger partial charge in [-0.1, -0.05) is 0 Å². The van der Waals surface area contributed by atoms with E-state index in [-0.39, 0.29) is 6.04 Å². The average Bonchev–Trinajstić information content (AvgIpc) is 1.99. The van der Waals surface area contributed by atoms with Gasteiger partial charge in [0, 0.05) is 35.7 Å². The minimum Gasteiger partial charge on any atom is -0.291 e. The van der Waals surface area contributed by atoms with E-state index in [9.17, 15) is 4.91 Å². The van der Waals surface area contributed by atoms with Gasteiger partial charge in [0.1, 0.15) is 0 Å². The Morgan fingerprint density at radius 3 is 2.82 bits per heavy atom. The summed E-state index contributed by atoms with van der Waals surface area (Å²) in [5.74, 6) is 0. The molecule has 1 unspecified atom stereocenters. The molecule has 0 amide bonds. The average molecular weight is 155 g/mol. The first kappa shape index (κ1) is 7.94. The SMILES string of the molecule is CC1=CC(NO)=CC(C)[N+]1=O. The minimum absolute atomic E-state index is 0.213. The Labute approximate surface area is 64.7 Å². The first-order chi connectivity index (χ1) is 5.15. The number of hydrogen-bond donors (Lipinski definition) is 2. The van der Waals surface area contributed by atoms with Gasteiger partial charge in [-0.2, -0.15) is 0 Å². The molecule has 0 saturated carbocycles. The highest BCUT2D eigenvalue weighted by Crippen LogP contribution is 2.12. The minimum atomic E-state index is -0.213. The van der Waals surface area contributed by atoms with E-state index in [0.29, 0.717) is 11.4 Å². The Bertz CT molecular complexity index is 243. The van der Waals surface area contributed by atoms with Gasteiger partial charge in [-0.15, -0.1) is 0 Å². The molecule has 4 heteroatoms. The highest BCUT2D eigenvalue weighted by molar-refractivity contribution is 5.21. The van der Waals surface area contributed by atoms with E-state index in [0.717, 1.165) is 4.76 Å². The highest BCUT2D eigenvalue weighted by atomic mass is 16.5. The zero-order valence-corrected chi connectivity index (χ0v) is 6.53. The van der Waals surface area contributed by atoms with Crippen molar-refractivity contribution in [2.24, 2.45) is 0 Å². The van der Waals surface area contributed by atoms with Crippen molar-refractivity contribution in [1.82, 2.24) is 5.48 Å². The third-order valence-corrected chi connectivity index (χ3v) is 1.63. The fourth-order valence-corrected chi connectivity index (χ4v) is 1.06. The molecule has 0 aromatic rings. The molecular formula is C7H11N2O2+. The number of nitrogens with one attached hydrogen (secondary N) is 1. The van der Waals surface area contributed by atoms with Crippen molar-refractivity contribution in [1.29, 1.82) is 0 Å². The molecule has 4 nitrogen and oxygen atoms in total. The molecule has 11 heavy (non-hydrogen) atoms. The Morgan fingerprint density at radius 1 is 1.73 bits per heavy atom. The van der Waals surface area contributed by atoms with Crippen LogP contribution in [0.25, 0.3) is 0 Å². The standard InChI is InChI=1S/C7H11N2O2/c1-5-3-7(8-10)4-6(2)9(5)11/h3-5,8,10H,1-2H3/q+1. The normalized spacial score (nSPS) is 24.3. The number of allylic oxidation sites excluding steroid dienone is 2. The molecule has 1 aliphatic heterocycles. The summed E-state index contributed by atoms with van der Waals surface area (Å²) in [7, 11) is 0. The van der Waals surface area contributed by atoms with Gasteiger partial charge in [0.25, 0.3) is 0 Å². The van der Waals surface area contributed by atoms with Gasteiger partial charge in [-0.3, -0.25) is 10.7 Å². The number of nitrogens with zero attached hydrogens (tertiary/aromatic N) is 1. The summed E-state index contributed by atoms with van der Waals surface area (Å²) in [5.41, 5.74) is 3.17. The fourth-order valence-electron chi connectivity index (χ4n) is 1.06. The van der Waals surface area contributed by atoms with E-state index < -0.39 is 0 Å². The highest BCUT2D eigenvalue weighted by Gasteiger charge is 2.24. The Kier molecular flexibility index (Phi) is 2.05. The van der Waals surface area contributed by atoms with Gasteiger partial charge in [0.05, 0.1) is 5.70 Å². The molecule has 1 atom stereocenters. The summed E-state index contributed by atoms with van der Waals surface area (Å²) in [5, 5.41) is 8.53. The molecular weight excluding hydrogens is 144 g/mol. The van der Waals surface area contributed by atoms with Gasteiger partial charge < -0.3 is 0 Å². The molecule has 0 saturated heterocycles. The lowest BCUT2D eigenvalue weighted by Crippen LogP contribution is -2.23. The van der Waals surface area contributed by atoms with Crippen molar-refractivity contribution in [2.45, 2.75) is 19.9 Å². The summed E-state index contributed by atoms with van der Waals surface area (Å²) in [6.45, 7) is 3.47. The number of nitroso groups, excluding NO2 is 1. The Morgan fingerprint density at radius 2 is 2.36 bits per heavy atom. The van der Waals surface area contributed by atoms with Gasteiger partial charge in [-0.25, -0.2) is 0 Å². The Hall–Kier alpha value is -1.16. The lowest BCUT2D eigenvalue weighted by atomic mass is 10.2. The summed E-state index contributed by atoms with van der Waals surface area (Å²) < 4.78 is 0.890. The first-order valence-electron chi connectivity index (χ1n) is 3.41. The van der Waals surface area contributed by atoms with E-state index in [1.165, 1.54) is 0 Å². The topological polar surface area (TPSA) is 52.3 Å². The van der Waals surface area contributed by atoms with Crippen molar-refractivity contribution >= 4 is 0 Å². The molecule has 1 rings (SSSR count). The quantitative estimate of drug-likeness (QED) is 0.437. The van der Waals surface area contributed by atoms with Crippen LogP contribution in [0.4, 0.5) is 0 Å². The molecule has 0 fully saturated rings. The molecule has 0 spiro atoms. The predicted molar refractivity (Wildman–Crippen MR) is 39.9 cm³/mol. The van der Waals surface area contributed by atoms with Crippen molar-refractivity contribution in [3.8, 4) is 0 Å². The van der Waals surface area contributed by atoms with Gasteiger partial charge >= 0.3 is 0 Å². The van der Waals surface area contributed by atoms with E-state index in [4.69, 9.17) is 5.21 Å². The van der Waals surface area contributed by atoms with Crippen LogP contribution in [-0.2, 0) is 0 Å². The van der Waals surface area contributed by atoms with Crippen LogP contribution < -0.4 is 5.48 Å². The maximum Gasteiger partial charge on any atom is 0.232 e. The molecule has 0 aliphatic carbocycles.